The normalized spacial score (nSPS) is 5.00. The average Bonchev–Trinajstić information content (AvgIpc) is 1.41. The van der Waals surface area contributed by atoms with Crippen LogP contribution in [0.1, 0.15) is 13.8 Å². The van der Waals surface area contributed by atoms with Crippen LogP contribution >= 0.6 is 0 Å². The highest BCUT2D eigenvalue weighted by atomic mass is 16.9. The monoisotopic (exact) mass is 93.0 g/mol. The van der Waals surface area contributed by atoms with E-state index < -0.39 is 5.09 Å². The Morgan fingerprint density at radius 2 is 1.67 bits per heavy atom. The van der Waals surface area contributed by atoms with Crippen LogP contribution in [0.25, 0.3) is 0 Å². The van der Waals surface area contributed by atoms with Gasteiger partial charge in [0.05, 0.1) is 0 Å². The van der Waals surface area contributed by atoms with E-state index in [2.05, 4.69) is 0 Å². The molecule has 4 heteroatoms. The lowest BCUT2D eigenvalue weighted by atomic mass is 11.0. The summed E-state index contributed by atoms with van der Waals surface area (Å²) < 4.78 is 0. The minimum Gasteiger partial charge on any atom is -0.328 e. The van der Waals surface area contributed by atoms with Crippen LogP contribution in [0.3, 0.4) is 0 Å². The zero-order valence-electron chi connectivity index (χ0n) is 3.71. The molecule has 0 heterocycles. The van der Waals surface area contributed by atoms with Gasteiger partial charge in [0.1, 0.15) is 0 Å². The highest BCUT2D eigenvalue weighted by Gasteiger charge is 1.65. The van der Waals surface area contributed by atoms with E-state index in [1.807, 2.05) is 13.8 Å². The van der Waals surface area contributed by atoms with Crippen LogP contribution < -0.4 is 0 Å². The molecule has 0 aromatic carbocycles. The number of rotatable bonds is 0. The second-order valence-corrected chi connectivity index (χ2v) is 0.238. The van der Waals surface area contributed by atoms with E-state index in [9.17, 15) is 0 Å². The molecule has 0 aliphatic heterocycles. The Morgan fingerprint density at radius 3 is 1.67 bits per heavy atom. The van der Waals surface area contributed by atoms with Crippen LogP contribution in [0.2, 0.25) is 0 Å². The quantitative estimate of drug-likeness (QED) is 0.353. The van der Waals surface area contributed by atoms with Crippen LogP contribution in [0.4, 0.5) is 0 Å². The van der Waals surface area contributed by atoms with Crippen LogP contribution in [-0.2, 0) is 0 Å². The van der Waals surface area contributed by atoms with Crippen LogP contribution in [-0.4, -0.2) is 10.3 Å². The van der Waals surface area contributed by atoms with Crippen molar-refractivity contribution < 1.29 is 10.3 Å². The summed E-state index contributed by atoms with van der Waals surface area (Å²) in [6, 6.07) is 0. The summed E-state index contributed by atoms with van der Waals surface area (Å²) in [5, 5.41) is 13.6. The maximum Gasteiger partial charge on any atom is 0.291 e. The smallest absolute Gasteiger partial charge is 0.291 e. The fraction of sp³-hybridized carbons (Fsp3) is 1.00. The third kappa shape index (κ3) is 24.2. The zero-order valence-corrected chi connectivity index (χ0v) is 3.71. The molecule has 0 radical (unpaired) electrons. The Kier molecular flexibility index (Phi) is 13.3. The molecule has 0 rings (SSSR count). The van der Waals surface area contributed by atoms with E-state index in [0.717, 1.165) is 0 Å². The van der Waals surface area contributed by atoms with E-state index in [4.69, 9.17) is 15.3 Å². The molecule has 0 aromatic heterocycles. The molecule has 0 aliphatic carbocycles. The molecule has 0 bridgehead atoms. The van der Waals surface area contributed by atoms with Gasteiger partial charge in [-0.2, -0.15) is 0 Å². The summed E-state index contributed by atoms with van der Waals surface area (Å²) in [7, 11) is 0. The maximum atomic E-state index is 8.36. The Labute approximate surface area is 35.5 Å². The summed E-state index contributed by atoms with van der Waals surface area (Å²) in [5.74, 6) is 0. The van der Waals surface area contributed by atoms with Crippen molar-refractivity contribution in [2.24, 2.45) is 0 Å². The van der Waals surface area contributed by atoms with E-state index in [1.54, 1.807) is 0 Å². The molecule has 38 valence electrons. The van der Waals surface area contributed by atoms with Gasteiger partial charge in [0.15, 0.2) is 0 Å². The third-order valence-corrected chi connectivity index (χ3v) is 0. The van der Waals surface area contributed by atoms with Crippen molar-refractivity contribution in [1.29, 1.82) is 0 Å². The summed E-state index contributed by atoms with van der Waals surface area (Å²) in [4.78, 5) is 8.36. The van der Waals surface area contributed by atoms with Crippen molar-refractivity contribution in [3.63, 3.8) is 0 Å². The molecule has 6 heavy (non-hydrogen) atoms. The second-order valence-electron chi connectivity index (χ2n) is 0.238. The molecule has 0 aromatic rings. The third-order valence-electron chi connectivity index (χ3n) is 0. The predicted molar refractivity (Wildman–Crippen MR) is 20.1 cm³/mol. The van der Waals surface area contributed by atoms with E-state index in [0.29, 0.717) is 0 Å². The predicted octanol–water partition coefficient (Wildman–Crippen LogP) is 0.678. The molecule has 0 saturated carbocycles. The Bertz CT molecular complexity index is 31.8. The molecule has 0 fully saturated rings. The highest BCUT2D eigenvalue weighted by molar-refractivity contribution is 3.83. The van der Waals surface area contributed by atoms with E-state index in [1.165, 1.54) is 0 Å². The Balaban J connectivity index is 0. The Morgan fingerprint density at radius 1 is 1.67 bits per heavy atom. The van der Waals surface area contributed by atoms with Crippen LogP contribution in [0, 0.1) is 10.1 Å². The lowest BCUT2D eigenvalue weighted by molar-refractivity contribution is -0.742. The largest absolute Gasteiger partial charge is 0.328 e. The van der Waals surface area contributed by atoms with E-state index >= 15 is 0 Å². The van der Waals surface area contributed by atoms with Gasteiger partial charge in [-0.05, 0) is 0 Å². The first-order valence-electron chi connectivity index (χ1n) is 1.57. The SMILES string of the molecule is CC.O=[N+]([O-])O. The van der Waals surface area contributed by atoms with Crippen molar-refractivity contribution in [1.82, 2.24) is 0 Å². The van der Waals surface area contributed by atoms with Gasteiger partial charge in [-0.3, -0.25) is 0 Å². The molecule has 0 atom stereocenters. The van der Waals surface area contributed by atoms with Crippen molar-refractivity contribution in [3.05, 3.63) is 10.1 Å². The minimum atomic E-state index is -1.50. The van der Waals surface area contributed by atoms with Crippen LogP contribution in [0.15, 0.2) is 0 Å². The summed E-state index contributed by atoms with van der Waals surface area (Å²) >= 11 is 0. The van der Waals surface area contributed by atoms with Gasteiger partial charge in [-0.15, -0.1) is 10.1 Å². The fourth-order valence-corrected chi connectivity index (χ4v) is 0. The van der Waals surface area contributed by atoms with Crippen molar-refractivity contribution in [2.75, 3.05) is 0 Å². The first-order chi connectivity index (χ1) is 2.73. The molecule has 1 N–H and O–H groups in total. The van der Waals surface area contributed by atoms with Crippen molar-refractivity contribution in [3.8, 4) is 0 Å². The summed E-state index contributed by atoms with van der Waals surface area (Å²) in [5.41, 5.74) is 0. The zero-order chi connectivity index (χ0) is 5.58. The molecule has 0 aliphatic rings. The number of hydrogen-bond acceptors (Lipinski definition) is 2. The molecular formula is C2H7NO3. The van der Waals surface area contributed by atoms with E-state index in [-0.39, 0.29) is 0 Å². The molecule has 0 spiro atoms. The van der Waals surface area contributed by atoms with Crippen molar-refractivity contribution in [2.45, 2.75) is 13.8 Å². The van der Waals surface area contributed by atoms with Gasteiger partial charge in [0, 0.05) is 0 Å². The fourth-order valence-electron chi connectivity index (χ4n) is 0. The van der Waals surface area contributed by atoms with Gasteiger partial charge < -0.3 is 5.21 Å². The number of nitrogens with zero attached hydrogens (tertiary/aromatic N) is 1. The molecule has 0 unspecified atom stereocenters. The molecule has 0 amide bonds. The van der Waals surface area contributed by atoms with Gasteiger partial charge >= 0.3 is 0 Å². The van der Waals surface area contributed by atoms with Gasteiger partial charge in [-0.1, -0.05) is 13.8 Å². The van der Waals surface area contributed by atoms with Gasteiger partial charge in [0.2, 0.25) is 0 Å². The first kappa shape index (κ1) is 8.96. The first-order valence-corrected chi connectivity index (χ1v) is 1.57. The molecule has 0 saturated heterocycles. The highest BCUT2D eigenvalue weighted by Crippen LogP contribution is 1.38. The number of hydrogen-bond donors (Lipinski definition) is 1. The molecular weight excluding hydrogens is 86.0 g/mol. The lowest BCUT2D eigenvalue weighted by Crippen LogP contribution is -1.81. The van der Waals surface area contributed by atoms with Crippen molar-refractivity contribution >= 4 is 0 Å². The van der Waals surface area contributed by atoms with Gasteiger partial charge in [-0.25, -0.2) is 0 Å². The van der Waals surface area contributed by atoms with Crippen LogP contribution in [0.5, 0.6) is 0 Å². The maximum absolute atomic E-state index is 8.36. The topological polar surface area (TPSA) is 63.4 Å². The van der Waals surface area contributed by atoms with Gasteiger partial charge in [0.25, 0.3) is 5.09 Å². The standard InChI is InChI=1S/C2H6.HNO3/c1-2;2-1(3)4/h1-2H3;(H,2,3,4). The average molecular weight is 93.1 g/mol. The Hall–Kier alpha value is -0.800. The molecule has 4 nitrogen and oxygen atoms in total. The summed E-state index contributed by atoms with van der Waals surface area (Å²) in [6.45, 7) is 4.00. The summed E-state index contributed by atoms with van der Waals surface area (Å²) in [6.07, 6.45) is 0. The second kappa shape index (κ2) is 8.89. The minimum absolute atomic E-state index is 1.50. The lowest BCUT2D eigenvalue weighted by Gasteiger charge is -1.56.